The first-order chi connectivity index (χ1) is 10.3. The molecule has 0 bridgehead atoms. The standard InChI is InChI=1S/C18H26N2O/c1-19-13-16-6-7-18(12-17(16)14-19)20-9-2-4-15(8-10-20)5-3-11-21/h5-7,12,21H,2-4,8-11,13-14H2,1H3/b15-5-. The van der Waals surface area contributed by atoms with E-state index >= 15 is 0 Å². The third-order valence-corrected chi connectivity index (χ3v) is 4.63. The monoisotopic (exact) mass is 286 g/mol. The third-order valence-electron chi connectivity index (χ3n) is 4.63. The van der Waals surface area contributed by atoms with Crippen molar-refractivity contribution in [3.05, 3.63) is 41.0 Å². The topological polar surface area (TPSA) is 26.7 Å². The molecule has 1 aromatic rings. The molecule has 0 aromatic heterocycles. The Hall–Kier alpha value is -1.32. The maximum absolute atomic E-state index is 8.95. The van der Waals surface area contributed by atoms with E-state index in [2.05, 4.69) is 41.1 Å². The first kappa shape index (κ1) is 14.6. The number of nitrogens with zero attached hydrogens (tertiary/aromatic N) is 2. The third kappa shape index (κ3) is 3.47. The van der Waals surface area contributed by atoms with Gasteiger partial charge in [0.25, 0.3) is 0 Å². The van der Waals surface area contributed by atoms with Crippen LogP contribution in [-0.2, 0) is 13.1 Å². The van der Waals surface area contributed by atoms with Gasteiger partial charge in [-0.3, -0.25) is 4.90 Å². The minimum atomic E-state index is 0.269. The Bertz CT molecular complexity index is 524. The van der Waals surface area contributed by atoms with E-state index in [1.165, 1.54) is 35.2 Å². The zero-order valence-corrected chi connectivity index (χ0v) is 13.0. The van der Waals surface area contributed by atoms with Gasteiger partial charge in [-0.15, -0.1) is 0 Å². The average Bonchev–Trinajstić information content (AvgIpc) is 2.70. The number of fused-ring (bicyclic) bond motifs is 1. The van der Waals surface area contributed by atoms with Gasteiger partial charge in [-0.2, -0.15) is 0 Å². The molecule has 114 valence electrons. The molecule has 2 heterocycles. The summed E-state index contributed by atoms with van der Waals surface area (Å²) in [5.41, 5.74) is 5.88. The molecule has 1 aromatic carbocycles. The Morgan fingerprint density at radius 3 is 2.86 bits per heavy atom. The van der Waals surface area contributed by atoms with Crippen LogP contribution in [0.25, 0.3) is 0 Å². The van der Waals surface area contributed by atoms with Crippen molar-refractivity contribution in [3.63, 3.8) is 0 Å². The zero-order chi connectivity index (χ0) is 14.7. The van der Waals surface area contributed by atoms with Gasteiger partial charge in [0.1, 0.15) is 0 Å². The summed E-state index contributed by atoms with van der Waals surface area (Å²) in [7, 11) is 2.18. The van der Waals surface area contributed by atoms with Crippen LogP contribution < -0.4 is 4.90 Å². The van der Waals surface area contributed by atoms with Crippen molar-refractivity contribution in [2.75, 3.05) is 31.6 Å². The van der Waals surface area contributed by atoms with Crippen molar-refractivity contribution in [1.82, 2.24) is 4.90 Å². The molecule has 1 fully saturated rings. The first-order valence-corrected chi connectivity index (χ1v) is 8.10. The Morgan fingerprint density at radius 2 is 2.00 bits per heavy atom. The fourth-order valence-corrected chi connectivity index (χ4v) is 3.49. The summed E-state index contributed by atoms with van der Waals surface area (Å²) in [6.45, 7) is 4.69. The maximum atomic E-state index is 8.95. The lowest BCUT2D eigenvalue weighted by Gasteiger charge is -2.23. The summed E-state index contributed by atoms with van der Waals surface area (Å²) in [5, 5.41) is 8.95. The van der Waals surface area contributed by atoms with Crippen molar-refractivity contribution in [2.24, 2.45) is 0 Å². The fraction of sp³-hybridized carbons (Fsp3) is 0.556. The minimum Gasteiger partial charge on any atom is -0.396 e. The van der Waals surface area contributed by atoms with Crippen LogP contribution in [0.2, 0.25) is 0 Å². The smallest absolute Gasteiger partial charge is 0.0465 e. The number of benzene rings is 1. The van der Waals surface area contributed by atoms with Crippen LogP contribution >= 0.6 is 0 Å². The lowest BCUT2D eigenvalue weighted by atomic mass is 10.1. The molecule has 3 rings (SSSR count). The summed E-state index contributed by atoms with van der Waals surface area (Å²) in [4.78, 5) is 4.89. The summed E-state index contributed by atoms with van der Waals surface area (Å²) in [5.74, 6) is 0. The van der Waals surface area contributed by atoms with E-state index in [0.29, 0.717) is 0 Å². The van der Waals surface area contributed by atoms with Crippen molar-refractivity contribution >= 4 is 5.69 Å². The van der Waals surface area contributed by atoms with Crippen molar-refractivity contribution in [2.45, 2.75) is 38.8 Å². The van der Waals surface area contributed by atoms with Crippen LogP contribution in [-0.4, -0.2) is 36.8 Å². The number of anilines is 1. The molecule has 21 heavy (non-hydrogen) atoms. The molecule has 0 saturated carbocycles. The Kier molecular flexibility index (Phi) is 4.61. The number of hydrogen-bond acceptors (Lipinski definition) is 3. The molecule has 0 amide bonds. The molecule has 1 saturated heterocycles. The van der Waals surface area contributed by atoms with Gasteiger partial charge in [0, 0.05) is 38.5 Å². The molecule has 0 unspecified atom stereocenters. The molecular weight excluding hydrogens is 260 g/mol. The zero-order valence-electron chi connectivity index (χ0n) is 13.0. The highest BCUT2D eigenvalue weighted by atomic mass is 16.2. The van der Waals surface area contributed by atoms with E-state index in [-0.39, 0.29) is 6.61 Å². The lowest BCUT2D eigenvalue weighted by Crippen LogP contribution is -2.23. The number of aliphatic hydroxyl groups is 1. The van der Waals surface area contributed by atoms with E-state index in [1.54, 1.807) is 0 Å². The quantitative estimate of drug-likeness (QED) is 0.866. The van der Waals surface area contributed by atoms with Crippen LogP contribution in [0.1, 0.15) is 36.8 Å². The summed E-state index contributed by atoms with van der Waals surface area (Å²) >= 11 is 0. The Labute approximate surface area is 127 Å². The molecule has 2 aliphatic heterocycles. The Morgan fingerprint density at radius 1 is 1.14 bits per heavy atom. The molecule has 3 nitrogen and oxygen atoms in total. The molecule has 0 atom stereocenters. The number of rotatable bonds is 3. The summed E-state index contributed by atoms with van der Waals surface area (Å²) in [6.07, 6.45) is 6.58. The first-order valence-electron chi connectivity index (χ1n) is 8.10. The highest BCUT2D eigenvalue weighted by molar-refractivity contribution is 5.52. The molecule has 0 spiro atoms. The molecule has 0 radical (unpaired) electrons. The minimum absolute atomic E-state index is 0.269. The van der Waals surface area contributed by atoms with Gasteiger partial charge in [-0.05, 0) is 56.0 Å². The van der Waals surface area contributed by atoms with Gasteiger partial charge in [-0.1, -0.05) is 17.7 Å². The predicted octanol–water partition coefficient (Wildman–Crippen LogP) is 2.93. The van der Waals surface area contributed by atoms with Crippen LogP contribution in [0.3, 0.4) is 0 Å². The molecule has 0 aliphatic carbocycles. The van der Waals surface area contributed by atoms with Crippen LogP contribution in [0.15, 0.2) is 29.8 Å². The van der Waals surface area contributed by atoms with Crippen molar-refractivity contribution in [1.29, 1.82) is 0 Å². The molecule has 2 aliphatic rings. The number of hydrogen-bond donors (Lipinski definition) is 1. The van der Waals surface area contributed by atoms with Gasteiger partial charge in [-0.25, -0.2) is 0 Å². The summed E-state index contributed by atoms with van der Waals surface area (Å²) < 4.78 is 0. The van der Waals surface area contributed by atoms with Crippen molar-refractivity contribution < 1.29 is 5.11 Å². The van der Waals surface area contributed by atoms with Gasteiger partial charge in [0.2, 0.25) is 0 Å². The van der Waals surface area contributed by atoms with E-state index in [9.17, 15) is 0 Å². The van der Waals surface area contributed by atoms with E-state index in [1.807, 2.05) is 0 Å². The highest BCUT2D eigenvalue weighted by Crippen LogP contribution is 2.28. The van der Waals surface area contributed by atoms with E-state index < -0.39 is 0 Å². The lowest BCUT2D eigenvalue weighted by molar-refractivity contribution is 0.302. The maximum Gasteiger partial charge on any atom is 0.0465 e. The second-order valence-electron chi connectivity index (χ2n) is 6.34. The van der Waals surface area contributed by atoms with E-state index in [0.717, 1.165) is 39.0 Å². The molecular formula is C18H26N2O. The second-order valence-corrected chi connectivity index (χ2v) is 6.34. The van der Waals surface area contributed by atoms with E-state index in [4.69, 9.17) is 5.11 Å². The van der Waals surface area contributed by atoms with Gasteiger partial charge >= 0.3 is 0 Å². The van der Waals surface area contributed by atoms with Gasteiger partial charge in [0.05, 0.1) is 0 Å². The molecule has 1 N–H and O–H groups in total. The van der Waals surface area contributed by atoms with Gasteiger partial charge in [0.15, 0.2) is 0 Å². The SMILES string of the molecule is CN1Cc2ccc(N3CCC/C(=C/CCO)CC3)cc2C1. The van der Waals surface area contributed by atoms with Crippen molar-refractivity contribution in [3.8, 4) is 0 Å². The Balaban J connectivity index is 1.69. The number of aliphatic hydroxyl groups excluding tert-OH is 1. The highest BCUT2D eigenvalue weighted by Gasteiger charge is 2.18. The average molecular weight is 286 g/mol. The fourth-order valence-electron chi connectivity index (χ4n) is 3.49. The van der Waals surface area contributed by atoms with Gasteiger partial charge < -0.3 is 10.0 Å². The van der Waals surface area contributed by atoms with Crippen LogP contribution in [0, 0.1) is 0 Å². The molecule has 3 heteroatoms. The largest absolute Gasteiger partial charge is 0.396 e. The normalized spacial score (nSPS) is 21.6. The second kappa shape index (κ2) is 6.63. The summed E-state index contributed by atoms with van der Waals surface area (Å²) in [6, 6.07) is 6.99. The van der Waals surface area contributed by atoms with Crippen LogP contribution in [0.5, 0.6) is 0 Å². The van der Waals surface area contributed by atoms with Crippen LogP contribution in [0.4, 0.5) is 5.69 Å². The predicted molar refractivity (Wildman–Crippen MR) is 87.5 cm³/mol.